The lowest BCUT2D eigenvalue weighted by molar-refractivity contribution is -0.114. The number of nitrogen functional groups attached to an aromatic ring is 1. The van der Waals surface area contributed by atoms with Crippen molar-refractivity contribution >= 4 is 28.4 Å². The van der Waals surface area contributed by atoms with E-state index < -0.39 is 11.7 Å². The van der Waals surface area contributed by atoms with Crippen LogP contribution >= 0.6 is 0 Å². The van der Waals surface area contributed by atoms with E-state index in [2.05, 4.69) is 25.4 Å². The van der Waals surface area contributed by atoms with Gasteiger partial charge in [0.15, 0.2) is 11.6 Å². The molecule has 3 aromatic rings. The Morgan fingerprint density at radius 2 is 2.04 bits per heavy atom. The molecule has 0 saturated heterocycles. The Labute approximate surface area is 141 Å². The Hall–Kier alpha value is -3.17. The van der Waals surface area contributed by atoms with Crippen LogP contribution in [0.2, 0.25) is 0 Å². The third-order valence-corrected chi connectivity index (χ3v) is 3.35. The van der Waals surface area contributed by atoms with Crippen LogP contribution in [0.1, 0.15) is 25.4 Å². The van der Waals surface area contributed by atoms with Gasteiger partial charge in [0.05, 0.1) is 10.9 Å². The minimum atomic E-state index is -3.20. The fourth-order valence-corrected chi connectivity index (χ4v) is 2.31. The number of hydrogen-bond donors (Lipinski definition) is 2. The van der Waals surface area contributed by atoms with Gasteiger partial charge in [-0.1, -0.05) is 0 Å². The number of pyridine rings is 1. The van der Waals surface area contributed by atoms with Crippen LogP contribution in [0.4, 0.5) is 20.4 Å². The number of aromatic nitrogens is 5. The molecule has 0 saturated carbocycles. The molecule has 3 heterocycles. The highest BCUT2D eigenvalue weighted by atomic mass is 19.3. The molecule has 0 radical (unpaired) electrons. The molecule has 3 rings (SSSR count). The van der Waals surface area contributed by atoms with Crippen LogP contribution in [0.3, 0.4) is 0 Å². The van der Waals surface area contributed by atoms with E-state index >= 15 is 0 Å². The molecule has 0 bridgehead atoms. The normalized spacial score (nSPS) is 11.7. The second-order valence-corrected chi connectivity index (χ2v) is 5.64. The molecule has 0 aliphatic carbocycles. The predicted molar refractivity (Wildman–Crippen MR) is 87.5 cm³/mol. The number of carbonyl (C=O) groups excluding carboxylic acids is 1. The maximum absolute atomic E-state index is 13.6. The van der Waals surface area contributed by atoms with E-state index in [1.807, 2.05) is 0 Å². The summed E-state index contributed by atoms with van der Waals surface area (Å²) in [7, 11) is 0. The summed E-state index contributed by atoms with van der Waals surface area (Å²) in [5.41, 5.74) is 6.71. The number of rotatable bonds is 3. The van der Waals surface area contributed by atoms with E-state index in [0.717, 1.165) is 6.92 Å². The van der Waals surface area contributed by atoms with Gasteiger partial charge in [0.1, 0.15) is 5.82 Å². The molecule has 0 aromatic carbocycles. The van der Waals surface area contributed by atoms with Crippen molar-refractivity contribution < 1.29 is 13.6 Å². The van der Waals surface area contributed by atoms with Crippen LogP contribution in [0.5, 0.6) is 0 Å². The van der Waals surface area contributed by atoms with Crippen LogP contribution in [-0.4, -0.2) is 30.6 Å². The minimum absolute atomic E-state index is 0.144. The Balaban J connectivity index is 2.21. The maximum atomic E-state index is 13.6. The molecule has 0 fully saturated rings. The molecule has 0 aliphatic heterocycles. The number of halogens is 2. The second-order valence-electron chi connectivity index (χ2n) is 5.64. The zero-order valence-corrected chi connectivity index (χ0v) is 13.7. The molecule has 0 unspecified atom stereocenters. The van der Waals surface area contributed by atoms with Crippen LogP contribution in [0.25, 0.3) is 16.7 Å². The lowest BCUT2D eigenvalue weighted by Crippen LogP contribution is -2.16. The van der Waals surface area contributed by atoms with E-state index in [1.54, 1.807) is 13.0 Å². The van der Waals surface area contributed by atoms with E-state index in [9.17, 15) is 13.6 Å². The SMILES string of the molecule is CC(=O)Nc1cc2c(cn1)c(N)nn2-c1cc(C)nc(C(C)(F)F)n1. The predicted octanol–water partition coefficient (Wildman–Crippen LogP) is 2.17. The second kappa shape index (κ2) is 5.72. The Morgan fingerprint density at radius 3 is 2.68 bits per heavy atom. The number of alkyl halides is 2. The Bertz CT molecular complexity index is 978. The molecule has 0 aliphatic rings. The van der Waals surface area contributed by atoms with Crippen molar-refractivity contribution in [3.05, 3.63) is 29.8 Å². The fraction of sp³-hybridized carbons (Fsp3) is 0.267. The fourth-order valence-electron chi connectivity index (χ4n) is 2.31. The smallest absolute Gasteiger partial charge is 0.303 e. The maximum Gasteiger partial charge on any atom is 0.303 e. The highest BCUT2D eigenvalue weighted by Crippen LogP contribution is 2.27. The van der Waals surface area contributed by atoms with Gasteiger partial charge in [-0.25, -0.2) is 19.6 Å². The first kappa shape index (κ1) is 16.7. The topological polar surface area (TPSA) is 112 Å². The third-order valence-electron chi connectivity index (χ3n) is 3.35. The number of carbonyl (C=O) groups is 1. The molecule has 0 atom stereocenters. The highest BCUT2D eigenvalue weighted by molar-refractivity contribution is 5.94. The Kier molecular flexibility index (Phi) is 3.82. The van der Waals surface area contributed by atoms with Gasteiger partial charge in [-0.15, -0.1) is 5.10 Å². The van der Waals surface area contributed by atoms with Crippen molar-refractivity contribution in [2.24, 2.45) is 0 Å². The van der Waals surface area contributed by atoms with Crippen LogP contribution in [0.15, 0.2) is 18.3 Å². The van der Waals surface area contributed by atoms with Crippen LogP contribution in [-0.2, 0) is 10.7 Å². The monoisotopic (exact) mass is 347 g/mol. The molecule has 3 aromatic heterocycles. The van der Waals surface area contributed by atoms with E-state index in [4.69, 9.17) is 5.73 Å². The summed E-state index contributed by atoms with van der Waals surface area (Å²) in [5, 5.41) is 7.21. The number of anilines is 2. The average molecular weight is 347 g/mol. The minimum Gasteiger partial charge on any atom is -0.382 e. The zero-order valence-electron chi connectivity index (χ0n) is 13.7. The zero-order chi connectivity index (χ0) is 18.4. The molecule has 25 heavy (non-hydrogen) atoms. The molecular weight excluding hydrogens is 332 g/mol. The summed E-state index contributed by atoms with van der Waals surface area (Å²) in [6.07, 6.45) is 1.45. The molecular formula is C15H15F2N7O. The van der Waals surface area contributed by atoms with Crippen molar-refractivity contribution in [3.63, 3.8) is 0 Å². The van der Waals surface area contributed by atoms with Gasteiger partial charge in [-0.05, 0) is 6.92 Å². The summed E-state index contributed by atoms with van der Waals surface area (Å²) < 4.78 is 28.6. The number of aryl methyl sites for hydroxylation is 1. The molecule has 3 N–H and O–H groups in total. The van der Waals surface area contributed by atoms with E-state index in [-0.39, 0.29) is 23.4 Å². The standard InChI is InChI=1S/C15H15F2N7O/c1-7-4-12(22-14(20-7)15(3,16)17)24-10-5-11(21-8(2)25)19-6-9(10)13(18)23-24/h4-6H,1-3H3,(H2,18,23)(H,19,21,25). The summed E-state index contributed by atoms with van der Waals surface area (Å²) in [5.74, 6) is -3.51. The van der Waals surface area contributed by atoms with Crippen molar-refractivity contribution in [3.8, 4) is 5.82 Å². The Morgan fingerprint density at radius 1 is 1.32 bits per heavy atom. The average Bonchev–Trinajstić information content (AvgIpc) is 2.82. The van der Waals surface area contributed by atoms with Gasteiger partial charge in [0.2, 0.25) is 11.7 Å². The van der Waals surface area contributed by atoms with Gasteiger partial charge in [-0.2, -0.15) is 8.78 Å². The quantitative estimate of drug-likeness (QED) is 0.751. The van der Waals surface area contributed by atoms with Crippen LogP contribution < -0.4 is 11.1 Å². The van der Waals surface area contributed by atoms with Gasteiger partial charge >= 0.3 is 5.92 Å². The number of nitrogens with two attached hydrogens (primary N) is 1. The summed E-state index contributed by atoms with van der Waals surface area (Å²) in [6.45, 7) is 3.65. The lowest BCUT2D eigenvalue weighted by Gasteiger charge is -2.11. The highest BCUT2D eigenvalue weighted by Gasteiger charge is 2.29. The van der Waals surface area contributed by atoms with Gasteiger partial charge in [0.25, 0.3) is 0 Å². The first-order valence-corrected chi connectivity index (χ1v) is 7.31. The van der Waals surface area contributed by atoms with Gasteiger partial charge in [0, 0.05) is 37.9 Å². The molecule has 10 heteroatoms. The first-order chi connectivity index (χ1) is 11.6. The van der Waals surface area contributed by atoms with Crippen molar-refractivity contribution in [1.82, 2.24) is 24.7 Å². The van der Waals surface area contributed by atoms with Gasteiger partial charge < -0.3 is 11.1 Å². The number of hydrogen-bond acceptors (Lipinski definition) is 6. The summed E-state index contributed by atoms with van der Waals surface area (Å²) in [6, 6.07) is 3.06. The number of nitrogens with zero attached hydrogens (tertiary/aromatic N) is 5. The summed E-state index contributed by atoms with van der Waals surface area (Å²) >= 11 is 0. The number of fused-ring (bicyclic) bond motifs is 1. The van der Waals surface area contributed by atoms with Crippen molar-refractivity contribution in [2.45, 2.75) is 26.7 Å². The van der Waals surface area contributed by atoms with E-state index in [1.165, 1.54) is 23.9 Å². The van der Waals surface area contributed by atoms with Crippen molar-refractivity contribution in [1.29, 1.82) is 0 Å². The molecule has 1 amide bonds. The number of nitrogens with one attached hydrogen (secondary N) is 1. The molecule has 8 nitrogen and oxygen atoms in total. The third kappa shape index (κ3) is 3.23. The van der Waals surface area contributed by atoms with Gasteiger partial charge in [-0.3, -0.25) is 4.79 Å². The summed E-state index contributed by atoms with van der Waals surface area (Å²) in [4.78, 5) is 23.0. The molecule has 0 spiro atoms. The van der Waals surface area contributed by atoms with Crippen LogP contribution in [0, 0.1) is 6.92 Å². The first-order valence-electron chi connectivity index (χ1n) is 7.31. The largest absolute Gasteiger partial charge is 0.382 e. The van der Waals surface area contributed by atoms with E-state index in [0.29, 0.717) is 16.6 Å². The van der Waals surface area contributed by atoms with Crippen molar-refractivity contribution in [2.75, 3.05) is 11.1 Å². The molecule has 130 valence electrons. The number of amides is 1. The lowest BCUT2D eigenvalue weighted by atomic mass is 10.3.